The lowest BCUT2D eigenvalue weighted by atomic mass is 10.1. The average Bonchev–Trinajstić information content (AvgIpc) is 3.37. The highest BCUT2D eigenvalue weighted by Crippen LogP contribution is 2.38. The molecule has 0 saturated carbocycles. The number of amides is 1. The van der Waals surface area contributed by atoms with Gasteiger partial charge in [0.15, 0.2) is 0 Å². The van der Waals surface area contributed by atoms with E-state index in [4.69, 9.17) is 13.8 Å². The van der Waals surface area contributed by atoms with E-state index >= 15 is 0 Å². The third-order valence-electron chi connectivity index (χ3n) is 13.0. The number of esters is 1. The molecule has 10 heteroatoms. The van der Waals surface area contributed by atoms with Crippen LogP contribution in [0.5, 0.6) is 0 Å². The summed E-state index contributed by atoms with van der Waals surface area (Å²) in [6.45, 7) is 6.66. The van der Waals surface area contributed by atoms with Crippen LogP contribution in [-0.4, -0.2) is 69.4 Å². The molecule has 3 atom stereocenters. The fourth-order valence-electron chi connectivity index (χ4n) is 8.28. The first-order valence-corrected chi connectivity index (χ1v) is 32.0. The number of allylic oxidation sites excluding steroid dienone is 15. The first-order chi connectivity index (χ1) is 36.4. The van der Waals surface area contributed by atoms with Gasteiger partial charge >= 0.3 is 5.97 Å². The molecule has 1 N–H and O–H groups in total. The Bertz CT molecular complexity index is 1610. The van der Waals surface area contributed by atoms with Gasteiger partial charge in [-0.25, -0.2) is 0 Å². The zero-order valence-corrected chi connectivity index (χ0v) is 50.1. The number of carbonyl (C=O) groups is 2. The zero-order valence-electron chi connectivity index (χ0n) is 49.2. The molecule has 0 spiro atoms. The predicted octanol–water partition coefficient (Wildman–Crippen LogP) is 18.1. The van der Waals surface area contributed by atoms with Crippen molar-refractivity contribution in [3.63, 3.8) is 0 Å². The monoisotopic (exact) mass is 1070 g/mol. The van der Waals surface area contributed by atoms with E-state index in [1.165, 1.54) is 103 Å². The van der Waals surface area contributed by atoms with Crippen LogP contribution in [0.4, 0.5) is 0 Å². The zero-order chi connectivity index (χ0) is 55.0. The number of unbranched alkanes of at least 4 members (excludes halogenated alkanes) is 24. The maximum atomic E-state index is 13.5. The smallest absolute Gasteiger partial charge is 0.306 e. The number of carbonyl (C=O) groups excluding carboxylic acids is 2. The standard InChI is InChI=1S/C65H115N2O7P/c1-7-10-13-16-19-22-25-27-29-31-33-35-37-39-42-45-48-51-54-57-64(68)66-62(61-73-75(70,71)72-60-59-67(4,5)6)63(56-53-50-47-44-41-24-21-18-15-12-9-3)74-65(69)58-55-52-49-46-43-40-38-36-34-32-30-28-26-23-20-17-14-11-8-2/h10,13,19-20,22-23,27-30,33,35,39,42,53,56,62-63H,7-9,11-12,14-18,21,24-26,31-32,34,36-38,40-41,43-52,54-55,57-61H2,1-6H3,(H-,66,68,70,71)/b13-10-,22-19-,23-20-,29-27-,30-28-,35-33-,42-39-,56-53+. The molecule has 0 aliphatic rings. The minimum absolute atomic E-state index is 0.0342. The van der Waals surface area contributed by atoms with Crippen LogP contribution in [0.2, 0.25) is 0 Å². The van der Waals surface area contributed by atoms with Gasteiger partial charge in [-0.15, -0.1) is 0 Å². The number of hydrogen-bond donors (Lipinski definition) is 1. The minimum Gasteiger partial charge on any atom is -0.756 e. The van der Waals surface area contributed by atoms with Gasteiger partial charge in [-0.05, 0) is 109 Å². The molecule has 0 aliphatic carbocycles. The Morgan fingerprint density at radius 1 is 0.480 bits per heavy atom. The Morgan fingerprint density at radius 2 is 0.853 bits per heavy atom. The molecule has 0 bridgehead atoms. The molecule has 75 heavy (non-hydrogen) atoms. The van der Waals surface area contributed by atoms with Crippen LogP contribution in [0, 0.1) is 0 Å². The Hall–Kier alpha value is -3.07. The molecule has 432 valence electrons. The first-order valence-electron chi connectivity index (χ1n) is 30.5. The van der Waals surface area contributed by atoms with Crippen molar-refractivity contribution in [1.82, 2.24) is 5.32 Å². The highest BCUT2D eigenvalue weighted by atomic mass is 31.2. The summed E-state index contributed by atoms with van der Waals surface area (Å²) in [7, 11) is 1.15. The fraction of sp³-hybridized carbons (Fsp3) is 0.723. The highest BCUT2D eigenvalue weighted by Gasteiger charge is 2.27. The van der Waals surface area contributed by atoms with Gasteiger partial charge in [0.2, 0.25) is 5.91 Å². The largest absolute Gasteiger partial charge is 0.756 e. The molecular weight excluding hydrogens is 952 g/mol. The van der Waals surface area contributed by atoms with Crippen molar-refractivity contribution in [2.24, 2.45) is 0 Å². The van der Waals surface area contributed by atoms with Crippen LogP contribution in [0.25, 0.3) is 0 Å². The number of ether oxygens (including phenoxy) is 1. The summed E-state index contributed by atoms with van der Waals surface area (Å²) < 4.78 is 30.3. The molecule has 0 aromatic heterocycles. The van der Waals surface area contributed by atoms with E-state index in [0.717, 1.165) is 109 Å². The molecule has 0 rings (SSSR count). The second kappa shape index (κ2) is 54.3. The summed E-state index contributed by atoms with van der Waals surface area (Å²) in [6.07, 6.45) is 72.3. The lowest BCUT2D eigenvalue weighted by Gasteiger charge is -2.30. The topological polar surface area (TPSA) is 114 Å². The van der Waals surface area contributed by atoms with E-state index in [1.54, 1.807) is 0 Å². The highest BCUT2D eigenvalue weighted by molar-refractivity contribution is 7.45. The van der Waals surface area contributed by atoms with E-state index in [1.807, 2.05) is 33.3 Å². The number of likely N-dealkylation sites (N-methyl/N-ethyl adjacent to an activating group) is 1. The fourth-order valence-corrected chi connectivity index (χ4v) is 9.01. The number of nitrogens with one attached hydrogen (secondary N) is 1. The van der Waals surface area contributed by atoms with Crippen LogP contribution in [0.1, 0.15) is 252 Å². The molecule has 1 amide bonds. The summed E-state index contributed by atoms with van der Waals surface area (Å²) in [5.41, 5.74) is 0. The predicted molar refractivity (Wildman–Crippen MR) is 321 cm³/mol. The number of phosphoric acid groups is 1. The maximum Gasteiger partial charge on any atom is 0.306 e. The maximum absolute atomic E-state index is 13.5. The molecule has 9 nitrogen and oxygen atoms in total. The van der Waals surface area contributed by atoms with Gasteiger partial charge < -0.3 is 28.5 Å². The van der Waals surface area contributed by atoms with Crippen molar-refractivity contribution >= 4 is 19.7 Å². The molecule has 0 saturated heterocycles. The molecule has 0 aromatic carbocycles. The molecule has 3 unspecified atom stereocenters. The second-order valence-corrected chi connectivity index (χ2v) is 22.9. The van der Waals surface area contributed by atoms with Crippen LogP contribution >= 0.6 is 7.82 Å². The van der Waals surface area contributed by atoms with Gasteiger partial charge in [0, 0.05) is 12.8 Å². The van der Waals surface area contributed by atoms with E-state index in [2.05, 4.69) is 111 Å². The first kappa shape index (κ1) is 71.9. The summed E-state index contributed by atoms with van der Waals surface area (Å²) in [5.74, 6) is -0.588. The summed E-state index contributed by atoms with van der Waals surface area (Å²) >= 11 is 0. The molecule has 0 aliphatic heterocycles. The molecule has 0 heterocycles. The van der Waals surface area contributed by atoms with Gasteiger partial charge in [-0.1, -0.05) is 227 Å². The van der Waals surface area contributed by atoms with Gasteiger partial charge in [-0.2, -0.15) is 0 Å². The Morgan fingerprint density at radius 3 is 1.32 bits per heavy atom. The normalized spacial score (nSPS) is 14.4. The van der Waals surface area contributed by atoms with Crippen molar-refractivity contribution < 1.29 is 37.3 Å². The van der Waals surface area contributed by atoms with Crippen LogP contribution < -0.4 is 10.2 Å². The van der Waals surface area contributed by atoms with Crippen LogP contribution in [-0.2, 0) is 27.9 Å². The summed E-state index contributed by atoms with van der Waals surface area (Å²) in [4.78, 5) is 39.9. The minimum atomic E-state index is -4.71. The number of nitrogens with zero attached hydrogens (tertiary/aromatic N) is 1. The van der Waals surface area contributed by atoms with E-state index in [-0.39, 0.29) is 31.3 Å². The average molecular weight is 1070 g/mol. The number of quaternary nitrogens is 1. The Kier molecular flexibility index (Phi) is 52.1. The molecular formula is C65H115N2O7P. The van der Waals surface area contributed by atoms with Gasteiger partial charge in [-0.3, -0.25) is 14.2 Å². The lowest BCUT2D eigenvalue weighted by molar-refractivity contribution is -0.870. The summed E-state index contributed by atoms with van der Waals surface area (Å²) in [6, 6.07) is -0.912. The molecule has 0 aromatic rings. The van der Waals surface area contributed by atoms with Gasteiger partial charge in [0.25, 0.3) is 7.82 Å². The van der Waals surface area contributed by atoms with Crippen molar-refractivity contribution in [2.45, 2.75) is 264 Å². The van der Waals surface area contributed by atoms with Crippen LogP contribution in [0.3, 0.4) is 0 Å². The molecule has 0 radical (unpaired) electrons. The van der Waals surface area contributed by atoms with E-state index in [9.17, 15) is 19.0 Å². The quantitative estimate of drug-likeness (QED) is 0.0212. The second-order valence-electron chi connectivity index (χ2n) is 21.5. The summed E-state index contributed by atoms with van der Waals surface area (Å²) in [5, 5.41) is 3.00. The van der Waals surface area contributed by atoms with Crippen LogP contribution in [0.15, 0.2) is 97.2 Å². The van der Waals surface area contributed by atoms with Crippen molar-refractivity contribution in [2.75, 3.05) is 40.9 Å². The lowest BCUT2D eigenvalue weighted by Crippen LogP contribution is -2.47. The Labute approximate surface area is 462 Å². The van der Waals surface area contributed by atoms with Gasteiger partial charge in [0.1, 0.15) is 19.3 Å². The third-order valence-corrected chi connectivity index (χ3v) is 14.0. The van der Waals surface area contributed by atoms with Gasteiger partial charge in [0.05, 0.1) is 33.8 Å². The van der Waals surface area contributed by atoms with E-state index in [0.29, 0.717) is 17.4 Å². The SMILES string of the molecule is CC/C=C\C/C=C\C/C=C\C/C=C\C/C=C\CCCCCC(=O)NC(COP(=O)([O-])OCC[N+](C)(C)C)C(/C=C/CCCCCCCCCCC)OC(=O)CCCCCCCCCCC/C=C\C/C=C\CCCCC. The van der Waals surface area contributed by atoms with E-state index < -0.39 is 26.6 Å². The Balaban J connectivity index is 5.31. The molecule has 0 fully saturated rings. The number of hydrogen-bond acceptors (Lipinski definition) is 7. The van der Waals surface area contributed by atoms with Crippen molar-refractivity contribution in [3.05, 3.63) is 97.2 Å². The van der Waals surface area contributed by atoms with Crippen molar-refractivity contribution in [3.8, 4) is 0 Å². The number of phosphoric ester groups is 1. The number of rotatable bonds is 54. The third kappa shape index (κ3) is 55.5. The van der Waals surface area contributed by atoms with Crippen molar-refractivity contribution in [1.29, 1.82) is 0 Å².